The molecule has 3 rings (SSSR count). The number of hydrogen-bond donors (Lipinski definition) is 0. The van der Waals surface area contributed by atoms with Gasteiger partial charge >= 0.3 is 0 Å². The molecule has 6 heteroatoms. The van der Waals surface area contributed by atoms with Crippen molar-refractivity contribution in [2.75, 3.05) is 14.2 Å². The Bertz CT molecular complexity index is 850. The lowest BCUT2D eigenvalue weighted by Gasteiger charge is -2.08. The average Bonchev–Trinajstić information content (AvgIpc) is 2.92. The molecule has 0 atom stereocenters. The van der Waals surface area contributed by atoms with Crippen LogP contribution in [0.4, 0.5) is 0 Å². The van der Waals surface area contributed by atoms with Crippen LogP contribution in [0, 0.1) is 11.3 Å². The zero-order valence-corrected chi connectivity index (χ0v) is 12.3. The minimum absolute atomic E-state index is 0.198. The first kappa shape index (κ1) is 13.9. The number of fused-ring (bicyclic) bond motifs is 1. The molecule has 0 radical (unpaired) electrons. The van der Waals surface area contributed by atoms with Gasteiger partial charge in [0.15, 0.2) is 11.5 Å². The number of methoxy groups -OCH3 is 2. The third kappa shape index (κ3) is 2.23. The number of rotatable bonds is 4. The van der Waals surface area contributed by atoms with Gasteiger partial charge in [0.1, 0.15) is 12.4 Å². The van der Waals surface area contributed by atoms with Crippen molar-refractivity contribution in [3.63, 3.8) is 0 Å². The Kier molecular flexibility index (Phi) is 3.62. The van der Waals surface area contributed by atoms with Crippen molar-refractivity contribution in [3.8, 4) is 29.0 Å². The lowest BCUT2D eigenvalue weighted by molar-refractivity contribution is 0.355. The highest BCUT2D eigenvalue weighted by molar-refractivity contribution is 5.84. The molecule has 2 heterocycles. The SMILES string of the molecule is COc1cc2nc(-c3ccncc3)n(CC#N)c2cc1OC. The van der Waals surface area contributed by atoms with Gasteiger partial charge in [-0.15, -0.1) is 0 Å². The van der Waals surface area contributed by atoms with Crippen molar-refractivity contribution < 1.29 is 9.47 Å². The normalized spacial score (nSPS) is 10.4. The molecule has 6 nitrogen and oxygen atoms in total. The third-order valence-electron chi connectivity index (χ3n) is 3.42. The lowest BCUT2D eigenvalue weighted by atomic mass is 10.2. The summed E-state index contributed by atoms with van der Waals surface area (Å²) in [5.74, 6) is 1.93. The van der Waals surface area contributed by atoms with Gasteiger partial charge in [-0.3, -0.25) is 4.98 Å². The lowest BCUT2D eigenvalue weighted by Crippen LogP contribution is -1.99. The molecular weight excluding hydrogens is 280 g/mol. The van der Waals surface area contributed by atoms with Gasteiger partial charge in [-0.2, -0.15) is 5.26 Å². The maximum Gasteiger partial charge on any atom is 0.163 e. The van der Waals surface area contributed by atoms with Crippen molar-refractivity contribution in [1.82, 2.24) is 14.5 Å². The van der Waals surface area contributed by atoms with E-state index >= 15 is 0 Å². The van der Waals surface area contributed by atoms with Crippen molar-refractivity contribution in [3.05, 3.63) is 36.7 Å². The van der Waals surface area contributed by atoms with Crippen molar-refractivity contribution >= 4 is 11.0 Å². The minimum atomic E-state index is 0.198. The Hall–Kier alpha value is -3.07. The van der Waals surface area contributed by atoms with E-state index < -0.39 is 0 Å². The van der Waals surface area contributed by atoms with Crippen LogP contribution in [0.25, 0.3) is 22.4 Å². The van der Waals surface area contributed by atoms with Gasteiger partial charge in [-0.25, -0.2) is 4.98 Å². The zero-order chi connectivity index (χ0) is 15.5. The van der Waals surface area contributed by atoms with E-state index in [2.05, 4.69) is 16.0 Å². The summed E-state index contributed by atoms with van der Waals surface area (Å²) in [5.41, 5.74) is 2.48. The molecule has 0 amide bonds. The smallest absolute Gasteiger partial charge is 0.163 e. The van der Waals surface area contributed by atoms with Crippen molar-refractivity contribution in [2.45, 2.75) is 6.54 Å². The van der Waals surface area contributed by atoms with Gasteiger partial charge in [0.2, 0.25) is 0 Å². The maximum absolute atomic E-state index is 9.13. The number of imidazole rings is 1. The Labute approximate surface area is 127 Å². The second-order valence-electron chi connectivity index (χ2n) is 4.61. The Morgan fingerprint density at radius 1 is 1.14 bits per heavy atom. The number of aromatic nitrogens is 3. The van der Waals surface area contributed by atoms with Crippen LogP contribution >= 0.6 is 0 Å². The van der Waals surface area contributed by atoms with E-state index in [-0.39, 0.29) is 6.54 Å². The van der Waals surface area contributed by atoms with Gasteiger partial charge < -0.3 is 14.0 Å². The van der Waals surface area contributed by atoms with Crippen LogP contribution in [0.3, 0.4) is 0 Å². The second-order valence-corrected chi connectivity index (χ2v) is 4.61. The third-order valence-corrected chi connectivity index (χ3v) is 3.42. The first-order valence-electron chi connectivity index (χ1n) is 6.68. The maximum atomic E-state index is 9.13. The van der Waals surface area contributed by atoms with Gasteiger partial charge in [-0.05, 0) is 12.1 Å². The summed E-state index contributed by atoms with van der Waals surface area (Å²) in [6, 6.07) is 9.55. The molecule has 0 saturated carbocycles. The summed E-state index contributed by atoms with van der Waals surface area (Å²) in [7, 11) is 3.16. The second kappa shape index (κ2) is 5.74. The molecule has 0 saturated heterocycles. The summed E-state index contributed by atoms with van der Waals surface area (Å²) in [6.07, 6.45) is 3.40. The average molecular weight is 294 g/mol. The van der Waals surface area contributed by atoms with Crippen LogP contribution in [-0.4, -0.2) is 28.8 Å². The number of nitrogens with zero attached hydrogens (tertiary/aromatic N) is 4. The largest absolute Gasteiger partial charge is 0.493 e. The van der Waals surface area contributed by atoms with Crippen LogP contribution < -0.4 is 9.47 Å². The topological polar surface area (TPSA) is 73.0 Å². The first-order valence-corrected chi connectivity index (χ1v) is 6.68. The number of nitriles is 1. The zero-order valence-electron chi connectivity index (χ0n) is 12.3. The van der Waals surface area contributed by atoms with Gasteiger partial charge in [0, 0.05) is 30.1 Å². The molecule has 110 valence electrons. The summed E-state index contributed by atoms with van der Waals surface area (Å²) >= 11 is 0. The van der Waals surface area contributed by atoms with Crippen LogP contribution in [0.2, 0.25) is 0 Å². The van der Waals surface area contributed by atoms with E-state index in [4.69, 9.17) is 14.7 Å². The van der Waals surface area contributed by atoms with Crippen LogP contribution in [0.15, 0.2) is 36.7 Å². The standard InChI is InChI=1S/C16H14N4O2/c1-21-14-9-12-13(10-15(14)22-2)20(8-5-17)16(19-12)11-3-6-18-7-4-11/h3-4,6-7,9-10H,8H2,1-2H3. The Balaban J connectivity index is 2.29. The fourth-order valence-electron chi connectivity index (χ4n) is 2.40. The Morgan fingerprint density at radius 3 is 2.45 bits per heavy atom. The molecule has 3 aromatic rings. The molecule has 2 aromatic heterocycles. The number of ether oxygens (including phenoxy) is 2. The van der Waals surface area contributed by atoms with Gasteiger partial charge in [0.05, 0.1) is 31.3 Å². The van der Waals surface area contributed by atoms with E-state index in [0.717, 1.165) is 16.6 Å². The summed E-state index contributed by atoms with van der Waals surface area (Å²) in [4.78, 5) is 8.65. The molecule has 0 aliphatic carbocycles. The summed E-state index contributed by atoms with van der Waals surface area (Å²) < 4.78 is 12.5. The molecule has 0 bridgehead atoms. The predicted octanol–water partition coefficient (Wildman–Crippen LogP) is 2.64. The van der Waals surface area contributed by atoms with Crippen LogP contribution in [-0.2, 0) is 6.54 Å². The summed E-state index contributed by atoms with van der Waals surface area (Å²) in [5, 5.41) is 9.13. The highest BCUT2D eigenvalue weighted by Crippen LogP contribution is 2.34. The molecule has 0 unspecified atom stereocenters. The molecule has 1 aromatic carbocycles. The van der Waals surface area contributed by atoms with Gasteiger partial charge in [-0.1, -0.05) is 0 Å². The van der Waals surface area contributed by atoms with E-state index in [0.29, 0.717) is 17.3 Å². The molecule has 0 aliphatic rings. The Morgan fingerprint density at radius 2 is 1.82 bits per heavy atom. The fourth-order valence-corrected chi connectivity index (χ4v) is 2.40. The van der Waals surface area contributed by atoms with E-state index in [1.807, 2.05) is 28.8 Å². The quantitative estimate of drug-likeness (QED) is 0.739. The van der Waals surface area contributed by atoms with E-state index in [1.54, 1.807) is 26.6 Å². The predicted molar refractivity (Wildman–Crippen MR) is 81.7 cm³/mol. The van der Waals surface area contributed by atoms with Crippen molar-refractivity contribution in [2.24, 2.45) is 0 Å². The first-order chi connectivity index (χ1) is 10.8. The van der Waals surface area contributed by atoms with Crippen LogP contribution in [0.1, 0.15) is 0 Å². The molecule has 0 spiro atoms. The molecule has 0 aliphatic heterocycles. The van der Waals surface area contributed by atoms with Crippen LogP contribution in [0.5, 0.6) is 11.5 Å². The molecule has 0 fully saturated rings. The van der Waals surface area contributed by atoms with Crippen molar-refractivity contribution in [1.29, 1.82) is 5.26 Å². The molecular formula is C16H14N4O2. The highest BCUT2D eigenvalue weighted by Gasteiger charge is 2.16. The molecule has 22 heavy (non-hydrogen) atoms. The van der Waals surface area contributed by atoms with E-state index in [1.165, 1.54) is 0 Å². The summed E-state index contributed by atoms with van der Waals surface area (Å²) in [6.45, 7) is 0.198. The minimum Gasteiger partial charge on any atom is -0.493 e. The fraction of sp³-hybridized carbons (Fsp3) is 0.188. The molecule has 0 N–H and O–H groups in total. The monoisotopic (exact) mass is 294 g/mol. The highest BCUT2D eigenvalue weighted by atomic mass is 16.5. The van der Waals surface area contributed by atoms with E-state index in [9.17, 15) is 0 Å². The number of hydrogen-bond acceptors (Lipinski definition) is 5. The number of pyridine rings is 1. The number of benzene rings is 1. The van der Waals surface area contributed by atoms with Gasteiger partial charge in [0.25, 0.3) is 0 Å².